The first kappa shape index (κ1) is 20.6. The predicted molar refractivity (Wildman–Crippen MR) is 127 cm³/mol. The lowest BCUT2D eigenvalue weighted by atomic mass is 10.1. The Kier molecular flexibility index (Phi) is 6.24. The minimum Gasteiger partial charge on any atom is -0.488 e. The standard InChI is InChI=1S/C24H18BrN3O3/c25-23-14-17(15-26-27-20-9-11-21(12-10-20)28(29)30)8-13-24(23)31-16-19-6-3-5-18-4-1-2-7-22(18)19/h1-15,27H,16H2/b26-15+. The molecule has 31 heavy (non-hydrogen) atoms. The van der Waals surface area contributed by atoms with Crippen molar-refractivity contribution in [3.63, 3.8) is 0 Å². The second-order valence-corrected chi connectivity index (χ2v) is 7.65. The maximum absolute atomic E-state index is 10.7. The highest BCUT2D eigenvalue weighted by molar-refractivity contribution is 9.10. The molecular weight excluding hydrogens is 458 g/mol. The van der Waals surface area contributed by atoms with Gasteiger partial charge in [0, 0.05) is 12.1 Å². The van der Waals surface area contributed by atoms with Crippen LogP contribution in [0, 0.1) is 10.1 Å². The van der Waals surface area contributed by atoms with Gasteiger partial charge >= 0.3 is 0 Å². The van der Waals surface area contributed by atoms with Gasteiger partial charge in [0.05, 0.1) is 21.3 Å². The molecular formula is C24H18BrN3O3. The monoisotopic (exact) mass is 475 g/mol. The molecule has 6 nitrogen and oxygen atoms in total. The van der Waals surface area contributed by atoms with E-state index < -0.39 is 4.92 Å². The van der Waals surface area contributed by atoms with E-state index in [9.17, 15) is 10.1 Å². The number of hydrogen-bond donors (Lipinski definition) is 1. The zero-order valence-electron chi connectivity index (χ0n) is 16.4. The average Bonchev–Trinajstić information content (AvgIpc) is 2.79. The van der Waals surface area contributed by atoms with E-state index in [1.54, 1.807) is 18.3 Å². The lowest BCUT2D eigenvalue weighted by molar-refractivity contribution is -0.384. The second-order valence-electron chi connectivity index (χ2n) is 6.79. The molecule has 4 aromatic carbocycles. The molecule has 0 spiro atoms. The Hall–Kier alpha value is -3.71. The van der Waals surface area contributed by atoms with E-state index in [4.69, 9.17) is 4.74 Å². The summed E-state index contributed by atoms with van der Waals surface area (Å²) in [7, 11) is 0. The van der Waals surface area contributed by atoms with Gasteiger partial charge in [0.15, 0.2) is 0 Å². The Balaban J connectivity index is 1.39. The Bertz CT molecular complexity index is 1250. The zero-order chi connectivity index (χ0) is 21.6. The van der Waals surface area contributed by atoms with Gasteiger partial charge in [0.2, 0.25) is 0 Å². The third-order valence-electron chi connectivity index (χ3n) is 4.70. The van der Waals surface area contributed by atoms with Gasteiger partial charge in [0.1, 0.15) is 12.4 Å². The molecule has 0 saturated heterocycles. The van der Waals surface area contributed by atoms with Crippen molar-refractivity contribution in [2.45, 2.75) is 6.61 Å². The number of non-ortho nitro benzene ring substituents is 1. The van der Waals surface area contributed by atoms with E-state index >= 15 is 0 Å². The number of anilines is 1. The molecule has 0 aliphatic heterocycles. The molecule has 0 saturated carbocycles. The Morgan fingerprint density at radius 1 is 1.00 bits per heavy atom. The van der Waals surface area contributed by atoms with Crippen LogP contribution in [0.15, 0.2) is 94.5 Å². The summed E-state index contributed by atoms with van der Waals surface area (Å²) in [5.41, 5.74) is 5.56. The minimum atomic E-state index is -0.436. The summed E-state index contributed by atoms with van der Waals surface area (Å²) < 4.78 is 6.85. The van der Waals surface area contributed by atoms with Crippen LogP contribution in [0.1, 0.15) is 11.1 Å². The lowest BCUT2D eigenvalue weighted by Crippen LogP contribution is -1.98. The summed E-state index contributed by atoms with van der Waals surface area (Å²) >= 11 is 3.56. The number of fused-ring (bicyclic) bond motifs is 1. The van der Waals surface area contributed by atoms with E-state index in [0.29, 0.717) is 12.3 Å². The highest BCUT2D eigenvalue weighted by atomic mass is 79.9. The smallest absolute Gasteiger partial charge is 0.269 e. The third-order valence-corrected chi connectivity index (χ3v) is 5.32. The number of ether oxygens (including phenoxy) is 1. The SMILES string of the molecule is O=[N+]([O-])c1ccc(N/N=C/c2ccc(OCc3cccc4ccccc34)c(Br)c2)cc1. The first-order chi connectivity index (χ1) is 15.1. The van der Waals surface area contributed by atoms with Crippen LogP contribution in [0.3, 0.4) is 0 Å². The van der Waals surface area contributed by atoms with Crippen molar-refractivity contribution in [2.75, 3.05) is 5.43 Å². The quantitative estimate of drug-likeness (QED) is 0.187. The van der Waals surface area contributed by atoms with Gasteiger partial charge in [-0.25, -0.2) is 0 Å². The van der Waals surface area contributed by atoms with Gasteiger partial charge < -0.3 is 4.74 Å². The lowest BCUT2D eigenvalue weighted by Gasteiger charge is -2.11. The van der Waals surface area contributed by atoms with Crippen LogP contribution in [0.4, 0.5) is 11.4 Å². The Morgan fingerprint density at radius 3 is 2.55 bits per heavy atom. The van der Waals surface area contributed by atoms with Crippen molar-refractivity contribution in [2.24, 2.45) is 5.10 Å². The fraction of sp³-hybridized carbons (Fsp3) is 0.0417. The van der Waals surface area contributed by atoms with Crippen molar-refractivity contribution in [3.05, 3.63) is 111 Å². The van der Waals surface area contributed by atoms with E-state index in [2.05, 4.69) is 50.7 Å². The molecule has 7 heteroatoms. The number of benzene rings is 4. The number of halogens is 1. The van der Waals surface area contributed by atoms with Crippen LogP contribution in [0.25, 0.3) is 10.8 Å². The number of nitro benzene ring substituents is 1. The van der Waals surface area contributed by atoms with Crippen molar-refractivity contribution in [3.8, 4) is 5.75 Å². The highest BCUT2D eigenvalue weighted by Crippen LogP contribution is 2.27. The molecule has 0 heterocycles. The topological polar surface area (TPSA) is 76.8 Å². The summed E-state index contributed by atoms with van der Waals surface area (Å²) in [6, 6.07) is 26.2. The molecule has 4 aromatic rings. The summed E-state index contributed by atoms with van der Waals surface area (Å²) in [5.74, 6) is 0.744. The minimum absolute atomic E-state index is 0.0394. The largest absolute Gasteiger partial charge is 0.488 e. The number of nitrogens with one attached hydrogen (secondary N) is 1. The van der Waals surface area contributed by atoms with Gasteiger partial charge in [-0.05, 0) is 68.2 Å². The van der Waals surface area contributed by atoms with Gasteiger partial charge in [-0.15, -0.1) is 0 Å². The fourth-order valence-corrected chi connectivity index (χ4v) is 3.64. The van der Waals surface area contributed by atoms with Crippen LogP contribution in [-0.2, 0) is 6.61 Å². The molecule has 1 N–H and O–H groups in total. The van der Waals surface area contributed by atoms with Crippen molar-refractivity contribution < 1.29 is 9.66 Å². The van der Waals surface area contributed by atoms with Crippen LogP contribution in [0.2, 0.25) is 0 Å². The van der Waals surface area contributed by atoms with Crippen molar-refractivity contribution in [1.29, 1.82) is 0 Å². The van der Waals surface area contributed by atoms with Crippen LogP contribution >= 0.6 is 15.9 Å². The van der Waals surface area contributed by atoms with Crippen molar-refractivity contribution >= 4 is 44.3 Å². The Morgan fingerprint density at radius 2 is 1.77 bits per heavy atom. The first-order valence-electron chi connectivity index (χ1n) is 9.53. The molecule has 0 radical (unpaired) electrons. The van der Waals surface area contributed by atoms with E-state index in [1.165, 1.54) is 22.9 Å². The molecule has 0 amide bonds. The number of nitro groups is 1. The Labute approximate surface area is 187 Å². The number of hydrazone groups is 1. The van der Waals surface area contributed by atoms with Gasteiger partial charge in [-0.1, -0.05) is 42.5 Å². The normalized spacial score (nSPS) is 11.0. The molecule has 154 valence electrons. The van der Waals surface area contributed by atoms with Gasteiger partial charge in [0.25, 0.3) is 5.69 Å². The molecule has 0 unspecified atom stereocenters. The molecule has 0 aliphatic rings. The highest BCUT2D eigenvalue weighted by Gasteiger charge is 2.06. The molecule has 0 fully saturated rings. The van der Waals surface area contributed by atoms with E-state index in [1.807, 2.05) is 36.4 Å². The summed E-state index contributed by atoms with van der Waals surface area (Å²) in [5, 5.41) is 17.2. The fourth-order valence-electron chi connectivity index (χ4n) is 3.13. The van der Waals surface area contributed by atoms with Crippen LogP contribution in [-0.4, -0.2) is 11.1 Å². The predicted octanol–water partition coefficient (Wildman–Crippen LogP) is 6.54. The molecule has 4 rings (SSSR count). The summed E-state index contributed by atoms with van der Waals surface area (Å²) in [6.07, 6.45) is 1.67. The summed E-state index contributed by atoms with van der Waals surface area (Å²) in [4.78, 5) is 10.3. The molecule has 0 aromatic heterocycles. The maximum Gasteiger partial charge on any atom is 0.269 e. The van der Waals surface area contributed by atoms with Crippen LogP contribution in [0.5, 0.6) is 5.75 Å². The maximum atomic E-state index is 10.7. The van der Waals surface area contributed by atoms with Crippen LogP contribution < -0.4 is 10.2 Å². The number of hydrogen-bond acceptors (Lipinski definition) is 5. The molecule has 0 atom stereocenters. The zero-order valence-corrected chi connectivity index (χ0v) is 18.0. The second kappa shape index (κ2) is 9.40. The number of rotatable bonds is 7. The first-order valence-corrected chi connectivity index (χ1v) is 10.3. The van der Waals surface area contributed by atoms with Gasteiger partial charge in [-0.3, -0.25) is 15.5 Å². The van der Waals surface area contributed by atoms with E-state index in [-0.39, 0.29) is 5.69 Å². The third kappa shape index (κ3) is 5.07. The molecule has 0 bridgehead atoms. The average molecular weight is 476 g/mol. The van der Waals surface area contributed by atoms with E-state index in [0.717, 1.165) is 21.3 Å². The number of nitrogens with zero attached hydrogens (tertiary/aromatic N) is 2. The molecule has 0 aliphatic carbocycles. The van der Waals surface area contributed by atoms with Gasteiger partial charge in [-0.2, -0.15) is 5.10 Å². The summed E-state index contributed by atoms with van der Waals surface area (Å²) in [6.45, 7) is 0.467. The van der Waals surface area contributed by atoms with Crippen molar-refractivity contribution in [1.82, 2.24) is 0 Å².